The topological polar surface area (TPSA) is 52.3 Å². The molecule has 14 heavy (non-hydrogen) atoms. The highest BCUT2D eigenvalue weighted by Crippen LogP contribution is 2.33. The van der Waals surface area contributed by atoms with Crippen LogP contribution in [0, 0.1) is 5.92 Å². The van der Waals surface area contributed by atoms with Crippen LogP contribution in [0.2, 0.25) is 0 Å². The van der Waals surface area contributed by atoms with E-state index in [0.29, 0.717) is 0 Å². The van der Waals surface area contributed by atoms with Crippen molar-refractivity contribution in [2.45, 2.75) is 58.1 Å². The third-order valence-corrected chi connectivity index (χ3v) is 2.29. The highest BCUT2D eigenvalue weighted by molar-refractivity contribution is 5.75. The summed E-state index contributed by atoms with van der Waals surface area (Å²) in [6.45, 7) is 5.58. The molecule has 0 radical (unpaired) electrons. The smallest absolute Gasteiger partial charge is 0.323 e. The summed E-state index contributed by atoms with van der Waals surface area (Å²) in [7, 11) is 0. The number of hydrogen-bond acceptors (Lipinski definition) is 3. The van der Waals surface area contributed by atoms with E-state index >= 15 is 0 Å². The summed E-state index contributed by atoms with van der Waals surface area (Å²) in [4.78, 5) is 11.4. The molecule has 0 spiro atoms. The maximum absolute atomic E-state index is 11.4. The Hall–Kier alpha value is -0.570. The first kappa shape index (κ1) is 11.5. The minimum absolute atomic E-state index is 0.266. The first-order valence-corrected chi connectivity index (χ1v) is 5.37. The number of rotatable bonds is 4. The van der Waals surface area contributed by atoms with Gasteiger partial charge in [0.15, 0.2) is 0 Å². The molecule has 1 aliphatic carbocycles. The number of ether oxygens (including phenoxy) is 1. The van der Waals surface area contributed by atoms with Crippen LogP contribution in [-0.2, 0) is 9.53 Å². The maximum atomic E-state index is 11.4. The SMILES string of the molecule is CC(C)(C)OC(=O)C(N)CCC1CC1. The molecule has 82 valence electrons. The van der Waals surface area contributed by atoms with Gasteiger partial charge >= 0.3 is 5.97 Å². The summed E-state index contributed by atoms with van der Waals surface area (Å²) in [6.07, 6.45) is 4.45. The van der Waals surface area contributed by atoms with Crippen LogP contribution in [0.5, 0.6) is 0 Å². The molecule has 0 amide bonds. The van der Waals surface area contributed by atoms with E-state index in [1.54, 1.807) is 0 Å². The predicted octanol–water partition coefficient (Wildman–Crippen LogP) is 1.85. The Balaban J connectivity index is 2.20. The van der Waals surface area contributed by atoms with Crippen molar-refractivity contribution in [1.82, 2.24) is 0 Å². The Labute approximate surface area is 86.0 Å². The van der Waals surface area contributed by atoms with Crippen LogP contribution in [0.25, 0.3) is 0 Å². The third kappa shape index (κ3) is 4.61. The molecule has 1 saturated carbocycles. The van der Waals surface area contributed by atoms with E-state index in [9.17, 15) is 4.79 Å². The van der Waals surface area contributed by atoms with Crippen molar-refractivity contribution in [3.63, 3.8) is 0 Å². The molecule has 1 unspecified atom stereocenters. The van der Waals surface area contributed by atoms with Gasteiger partial charge in [0.2, 0.25) is 0 Å². The second kappa shape index (κ2) is 4.30. The molecular weight excluding hydrogens is 178 g/mol. The van der Waals surface area contributed by atoms with Crippen molar-refractivity contribution in [3.05, 3.63) is 0 Å². The average Bonchev–Trinajstić information content (AvgIpc) is 2.79. The maximum Gasteiger partial charge on any atom is 0.323 e. The lowest BCUT2D eigenvalue weighted by molar-refractivity contribution is -0.156. The molecule has 3 nitrogen and oxygen atoms in total. The van der Waals surface area contributed by atoms with Crippen molar-refractivity contribution in [2.75, 3.05) is 0 Å². The van der Waals surface area contributed by atoms with Gasteiger partial charge in [0.25, 0.3) is 0 Å². The fraction of sp³-hybridized carbons (Fsp3) is 0.909. The number of hydrogen-bond donors (Lipinski definition) is 1. The molecule has 1 rings (SSSR count). The molecule has 3 heteroatoms. The quantitative estimate of drug-likeness (QED) is 0.703. The van der Waals surface area contributed by atoms with E-state index in [0.717, 1.165) is 18.8 Å². The van der Waals surface area contributed by atoms with Crippen molar-refractivity contribution < 1.29 is 9.53 Å². The molecule has 0 saturated heterocycles. The van der Waals surface area contributed by atoms with E-state index in [4.69, 9.17) is 10.5 Å². The lowest BCUT2D eigenvalue weighted by atomic mass is 10.1. The monoisotopic (exact) mass is 199 g/mol. The van der Waals surface area contributed by atoms with Gasteiger partial charge in [-0.1, -0.05) is 12.8 Å². The zero-order valence-corrected chi connectivity index (χ0v) is 9.38. The number of nitrogens with two attached hydrogens (primary N) is 1. The zero-order valence-electron chi connectivity index (χ0n) is 9.38. The molecule has 0 aromatic heterocycles. The summed E-state index contributed by atoms with van der Waals surface area (Å²) in [6, 6.07) is -0.435. The molecule has 0 aromatic carbocycles. The molecular formula is C11H21NO2. The molecule has 0 aliphatic heterocycles. The van der Waals surface area contributed by atoms with Gasteiger partial charge in [0.1, 0.15) is 11.6 Å². The molecule has 0 bridgehead atoms. The highest BCUT2D eigenvalue weighted by Gasteiger charge is 2.26. The molecule has 1 atom stereocenters. The van der Waals surface area contributed by atoms with E-state index in [-0.39, 0.29) is 5.97 Å². The van der Waals surface area contributed by atoms with E-state index < -0.39 is 11.6 Å². The summed E-state index contributed by atoms with van der Waals surface area (Å²) in [5.41, 5.74) is 5.30. The summed E-state index contributed by atoms with van der Waals surface area (Å²) in [5.74, 6) is 0.557. The van der Waals surface area contributed by atoms with Gasteiger partial charge in [0.05, 0.1) is 0 Å². The van der Waals surface area contributed by atoms with Crippen molar-refractivity contribution >= 4 is 5.97 Å². The molecule has 1 aliphatic rings. The van der Waals surface area contributed by atoms with E-state index in [1.165, 1.54) is 12.8 Å². The van der Waals surface area contributed by atoms with Gasteiger partial charge in [-0.3, -0.25) is 4.79 Å². The van der Waals surface area contributed by atoms with Gasteiger partial charge in [-0.05, 0) is 39.5 Å². The fourth-order valence-electron chi connectivity index (χ4n) is 1.32. The normalized spacial score (nSPS) is 19.1. The first-order valence-electron chi connectivity index (χ1n) is 5.37. The minimum Gasteiger partial charge on any atom is -0.459 e. The number of carbonyl (C=O) groups excluding carboxylic acids is 1. The Kier molecular flexibility index (Phi) is 3.53. The lowest BCUT2D eigenvalue weighted by Gasteiger charge is -2.22. The Bertz CT molecular complexity index is 204. The van der Waals surface area contributed by atoms with Gasteiger partial charge in [-0.2, -0.15) is 0 Å². The Morgan fingerprint density at radius 1 is 1.50 bits per heavy atom. The third-order valence-electron chi connectivity index (χ3n) is 2.29. The van der Waals surface area contributed by atoms with Crippen LogP contribution in [0.3, 0.4) is 0 Å². The molecule has 1 fully saturated rings. The second-order valence-electron chi connectivity index (χ2n) is 5.16. The zero-order chi connectivity index (χ0) is 10.8. The average molecular weight is 199 g/mol. The van der Waals surface area contributed by atoms with Crippen LogP contribution in [-0.4, -0.2) is 17.6 Å². The fourth-order valence-corrected chi connectivity index (χ4v) is 1.32. The lowest BCUT2D eigenvalue weighted by Crippen LogP contribution is -2.37. The Morgan fingerprint density at radius 2 is 2.07 bits per heavy atom. The number of carbonyl (C=O) groups is 1. The summed E-state index contributed by atoms with van der Waals surface area (Å²) in [5, 5.41) is 0. The van der Waals surface area contributed by atoms with Crippen LogP contribution in [0.4, 0.5) is 0 Å². The Morgan fingerprint density at radius 3 is 2.50 bits per heavy atom. The van der Waals surface area contributed by atoms with Crippen LogP contribution in [0.15, 0.2) is 0 Å². The summed E-state index contributed by atoms with van der Waals surface area (Å²) < 4.78 is 5.19. The van der Waals surface area contributed by atoms with Crippen molar-refractivity contribution in [3.8, 4) is 0 Å². The van der Waals surface area contributed by atoms with E-state index in [2.05, 4.69) is 0 Å². The summed E-state index contributed by atoms with van der Waals surface area (Å²) >= 11 is 0. The second-order valence-corrected chi connectivity index (χ2v) is 5.16. The van der Waals surface area contributed by atoms with Crippen LogP contribution in [0.1, 0.15) is 46.5 Å². The van der Waals surface area contributed by atoms with Gasteiger partial charge in [0, 0.05) is 0 Å². The van der Waals surface area contributed by atoms with Crippen molar-refractivity contribution in [1.29, 1.82) is 0 Å². The minimum atomic E-state index is -0.435. The largest absolute Gasteiger partial charge is 0.459 e. The standard InChI is InChI=1S/C11H21NO2/c1-11(2,3)14-10(13)9(12)7-6-8-4-5-8/h8-9H,4-7,12H2,1-3H3. The first-order chi connectivity index (χ1) is 6.38. The number of esters is 1. The van der Waals surface area contributed by atoms with Crippen LogP contribution >= 0.6 is 0 Å². The highest BCUT2D eigenvalue weighted by atomic mass is 16.6. The molecule has 0 aromatic rings. The van der Waals surface area contributed by atoms with Crippen molar-refractivity contribution in [2.24, 2.45) is 11.7 Å². The molecule has 2 N–H and O–H groups in total. The van der Waals surface area contributed by atoms with Gasteiger partial charge in [-0.25, -0.2) is 0 Å². The van der Waals surface area contributed by atoms with Gasteiger partial charge in [-0.15, -0.1) is 0 Å². The predicted molar refractivity (Wildman–Crippen MR) is 55.8 cm³/mol. The van der Waals surface area contributed by atoms with Crippen LogP contribution < -0.4 is 5.73 Å². The van der Waals surface area contributed by atoms with Gasteiger partial charge < -0.3 is 10.5 Å². The van der Waals surface area contributed by atoms with E-state index in [1.807, 2.05) is 20.8 Å². The molecule has 0 heterocycles.